The Bertz CT molecular complexity index is 328. The standard InChI is InChI=1S/C8H8Cl2O7/c1-15-8(14)6(7(10)13)17-3-5(12)16-2-4(9)11/h6H,2-3H2,1H3. The summed E-state index contributed by atoms with van der Waals surface area (Å²) in [7, 11) is 1.02. The topological polar surface area (TPSA) is 96.0 Å². The van der Waals surface area contributed by atoms with Crippen molar-refractivity contribution < 1.29 is 33.4 Å². The van der Waals surface area contributed by atoms with Crippen LogP contribution < -0.4 is 0 Å². The summed E-state index contributed by atoms with van der Waals surface area (Å²) >= 11 is 9.94. The van der Waals surface area contributed by atoms with Crippen molar-refractivity contribution in [3.63, 3.8) is 0 Å². The third kappa shape index (κ3) is 6.88. The van der Waals surface area contributed by atoms with Gasteiger partial charge in [-0.25, -0.2) is 9.59 Å². The molecule has 0 N–H and O–H groups in total. The van der Waals surface area contributed by atoms with Crippen LogP contribution in [0.15, 0.2) is 0 Å². The van der Waals surface area contributed by atoms with Gasteiger partial charge < -0.3 is 14.2 Å². The van der Waals surface area contributed by atoms with E-state index in [1.54, 1.807) is 0 Å². The molecule has 0 aliphatic carbocycles. The monoisotopic (exact) mass is 286 g/mol. The molecular weight excluding hydrogens is 279 g/mol. The molecule has 0 saturated heterocycles. The summed E-state index contributed by atoms with van der Waals surface area (Å²) in [5.74, 6) is -2.03. The fraction of sp³-hybridized carbons (Fsp3) is 0.500. The lowest BCUT2D eigenvalue weighted by molar-refractivity contribution is -0.163. The number of methoxy groups -OCH3 is 1. The van der Waals surface area contributed by atoms with E-state index in [1.807, 2.05) is 0 Å². The van der Waals surface area contributed by atoms with Crippen LogP contribution in [0.1, 0.15) is 0 Å². The number of hydrogen-bond donors (Lipinski definition) is 0. The Morgan fingerprint density at radius 3 is 2.12 bits per heavy atom. The maximum absolute atomic E-state index is 11.0. The van der Waals surface area contributed by atoms with Crippen molar-refractivity contribution in [2.45, 2.75) is 6.10 Å². The molecule has 0 aliphatic heterocycles. The van der Waals surface area contributed by atoms with Crippen molar-refractivity contribution in [1.82, 2.24) is 0 Å². The number of rotatable bonds is 7. The lowest BCUT2D eigenvalue weighted by Gasteiger charge is -2.10. The summed E-state index contributed by atoms with van der Waals surface area (Å²) in [6.45, 7) is -1.39. The zero-order valence-corrected chi connectivity index (χ0v) is 10.1. The van der Waals surface area contributed by atoms with Gasteiger partial charge in [-0.2, -0.15) is 0 Å². The smallest absolute Gasteiger partial charge is 0.344 e. The van der Waals surface area contributed by atoms with Crippen molar-refractivity contribution in [2.24, 2.45) is 0 Å². The van der Waals surface area contributed by atoms with Crippen LogP contribution in [0.4, 0.5) is 0 Å². The second-order valence-electron chi connectivity index (χ2n) is 2.53. The van der Waals surface area contributed by atoms with E-state index in [9.17, 15) is 19.2 Å². The van der Waals surface area contributed by atoms with Crippen molar-refractivity contribution in [2.75, 3.05) is 20.3 Å². The molecule has 17 heavy (non-hydrogen) atoms. The molecule has 0 amide bonds. The van der Waals surface area contributed by atoms with Crippen LogP contribution in [-0.4, -0.2) is 48.9 Å². The first kappa shape index (κ1) is 15.8. The molecule has 0 rings (SSSR count). The maximum Gasteiger partial charge on any atom is 0.344 e. The predicted octanol–water partition coefficient (Wildman–Crippen LogP) is -0.381. The quantitative estimate of drug-likeness (QED) is 0.357. The van der Waals surface area contributed by atoms with Crippen molar-refractivity contribution in [3.8, 4) is 0 Å². The van der Waals surface area contributed by atoms with E-state index < -0.39 is 41.7 Å². The van der Waals surface area contributed by atoms with E-state index in [-0.39, 0.29) is 0 Å². The third-order valence-electron chi connectivity index (χ3n) is 1.34. The van der Waals surface area contributed by atoms with Gasteiger partial charge in [-0.1, -0.05) is 0 Å². The Hall–Kier alpha value is -1.18. The number of hydrogen-bond acceptors (Lipinski definition) is 7. The normalized spacial score (nSPS) is 11.5. The Morgan fingerprint density at radius 2 is 1.71 bits per heavy atom. The van der Waals surface area contributed by atoms with E-state index in [0.717, 1.165) is 7.11 Å². The number of carbonyl (C=O) groups excluding carboxylic acids is 4. The number of ether oxygens (including phenoxy) is 3. The molecule has 0 aromatic rings. The van der Waals surface area contributed by atoms with Crippen molar-refractivity contribution >= 4 is 45.6 Å². The van der Waals surface area contributed by atoms with Gasteiger partial charge in [0, 0.05) is 0 Å². The average molecular weight is 287 g/mol. The molecule has 0 fully saturated rings. The van der Waals surface area contributed by atoms with Crippen LogP contribution in [-0.2, 0) is 33.4 Å². The first-order valence-electron chi connectivity index (χ1n) is 4.11. The fourth-order valence-electron chi connectivity index (χ4n) is 0.664. The minimum atomic E-state index is -1.72. The van der Waals surface area contributed by atoms with Crippen molar-refractivity contribution in [1.29, 1.82) is 0 Å². The summed E-state index contributed by atoms with van der Waals surface area (Å²) in [5.41, 5.74) is 0. The molecule has 0 aliphatic rings. The summed E-state index contributed by atoms with van der Waals surface area (Å²) < 4.78 is 13.1. The van der Waals surface area contributed by atoms with Crippen molar-refractivity contribution in [3.05, 3.63) is 0 Å². The van der Waals surface area contributed by atoms with Gasteiger partial charge in [0.05, 0.1) is 7.11 Å². The van der Waals surface area contributed by atoms with Crippen LogP contribution in [0.2, 0.25) is 0 Å². The number of halogens is 2. The summed E-state index contributed by atoms with van der Waals surface area (Å²) in [4.78, 5) is 42.9. The van der Waals surface area contributed by atoms with Gasteiger partial charge in [-0.3, -0.25) is 9.59 Å². The second-order valence-corrected chi connectivity index (χ2v) is 3.33. The van der Waals surface area contributed by atoms with Gasteiger partial charge in [-0.05, 0) is 23.2 Å². The third-order valence-corrected chi connectivity index (χ3v) is 1.64. The first-order chi connectivity index (χ1) is 7.88. The highest BCUT2D eigenvalue weighted by atomic mass is 35.5. The molecule has 0 spiro atoms. The van der Waals surface area contributed by atoms with Gasteiger partial charge in [0.2, 0.25) is 6.10 Å². The van der Waals surface area contributed by atoms with Gasteiger partial charge >= 0.3 is 11.9 Å². The zero-order chi connectivity index (χ0) is 13.4. The molecule has 0 aromatic carbocycles. The van der Waals surface area contributed by atoms with Crippen LogP contribution in [0.25, 0.3) is 0 Å². The SMILES string of the molecule is COC(=O)C(OCC(=O)OCC(=O)Cl)C(=O)Cl. The van der Waals surface area contributed by atoms with Gasteiger partial charge in [0.25, 0.3) is 10.5 Å². The highest BCUT2D eigenvalue weighted by Crippen LogP contribution is 2.01. The molecule has 1 atom stereocenters. The van der Waals surface area contributed by atoms with E-state index in [4.69, 9.17) is 23.2 Å². The van der Waals surface area contributed by atoms with Crippen LogP contribution in [0, 0.1) is 0 Å². The van der Waals surface area contributed by atoms with E-state index in [0.29, 0.717) is 0 Å². The van der Waals surface area contributed by atoms with E-state index >= 15 is 0 Å². The Labute approximate surface area is 106 Å². The number of esters is 2. The Balaban J connectivity index is 4.13. The van der Waals surface area contributed by atoms with Gasteiger partial charge in [0.1, 0.15) is 6.61 Å². The highest BCUT2D eigenvalue weighted by Gasteiger charge is 2.28. The average Bonchev–Trinajstić information content (AvgIpc) is 2.25. The maximum atomic E-state index is 11.0. The second kappa shape index (κ2) is 7.99. The minimum absolute atomic E-state index is 0.637. The minimum Gasteiger partial charge on any atom is -0.467 e. The molecule has 1 unspecified atom stereocenters. The molecule has 0 radical (unpaired) electrons. The van der Waals surface area contributed by atoms with Crippen LogP contribution in [0.3, 0.4) is 0 Å². The lowest BCUT2D eigenvalue weighted by atomic mass is 10.4. The largest absolute Gasteiger partial charge is 0.467 e. The Morgan fingerprint density at radius 1 is 1.12 bits per heavy atom. The first-order valence-corrected chi connectivity index (χ1v) is 4.86. The lowest BCUT2D eigenvalue weighted by Crippen LogP contribution is -2.33. The molecule has 7 nitrogen and oxygen atoms in total. The molecule has 0 aromatic heterocycles. The highest BCUT2D eigenvalue weighted by molar-refractivity contribution is 6.66. The molecule has 96 valence electrons. The van der Waals surface area contributed by atoms with E-state index in [2.05, 4.69) is 14.2 Å². The number of carbonyl (C=O) groups is 4. The van der Waals surface area contributed by atoms with Gasteiger partial charge in [-0.15, -0.1) is 0 Å². The summed E-state index contributed by atoms with van der Waals surface area (Å²) in [5, 5.41) is -2.02. The predicted molar refractivity (Wildman–Crippen MR) is 54.4 cm³/mol. The van der Waals surface area contributed by atoms with Crippen LogP contribution in [0.5, 0.6) is 0 Å². The van der Waals surface area contributed by atoms with E-state index in [1.165, 1.54) is 0 Å². The van der Waals surface area contributed by atoms with Crippen LogP contribution >= 0.6 is 23.2 Å². The summed E-state index contributed by atoms with van der Waals surface area (Å²) in [6.07, 6.45) is -1.72. The molecule has 0 bridgehead atoms. The zero-order valence-electron chi connectivity index (χ0n) is 8.61. The van der Waals surface area contributed by atoms with Gasteiger partial charge in [0.15, 0.2) is 6.61 Å². The fourth-order valence-corrected chi connectivity index (χ4v) is 0.870. The summed E-state index contributed by atoms with van der Waals surface area (Å²) in [6, 6.07) is 0. The molecular formula is C8H8Cl2O7. The molecule has 0 heterocycles. The molecule has 9 heteroatoms. The Kier molecular flexibility index (Phi) is 7.44. The molecule has 0 saturated carbocycles.